The van der Waals surface area contributed by atoms with Crippen LogP contribution in [0, 0.1) is 5.82 Å². The van der Waals surface area contributed by atoms with Crippen LogP contribution in [0.1, 0.15) is 32.4 Å². The number of likely N-dealkylation sites (N-methyl/N-ethyl adjacent to an activating group) is 2. The first-order chi connectivity index (χ1) is 13.3. The smallest absolute Gasteiger partial charge is 0.236 e. The predicted molar refractivity (Wildman–Crippen MR) is 108 cm³/mol. The van der Waals surface area contributed by atoms with Crippen molar-refractivity contribution >= 4 is 11.8 Å². The second-order valence-corrected chi connectivity index (χ2v) is 7.35. The molecule has 1 aliphatic rings. The molecule has 1 unspecified atom stereocenters. The Morgan fingerprint density at radius 1 is 0.964 bits per heavy atom. The number of piperazine rings is 1. The van der Waals surface area contributed by atoms with Crippen LogP contribution in [0.3, 0.4) is 0 Å². The summed E-state index contributed by atoms with van der Waals surface area (Å²) in [6, 6.07) is 6.16. The lowest BCUT2D eigenvalue weighted by atomic mass is 10.1. The molecule has 156 valence electrons. The van der Waals surface area contributed by atoms with Crippen molar-refractivity contribution < 1.29 is 14.0 Å². The molecule has 1 heterocycles. The minimum absolute atomic E-state index is 0.0458. The number of amides is 2. The first kappa shape index (κ1) is 22.3. The lowest BCUT2D eigenvalue weighted by molar-refractivity contribution is -0.135. The van der Waals surface area contributed by atoms with Gasteiger partial charge in [0.2, 0.25) is 11.8 Å². The molecule has 1 atom stereocenters. The van der Waals surface area contributed by atoms with Crippen LogP contribution in [0.15, 0.2) is 24.3 Å². The fourth-order valence-electron chi connectivity index (χ4n) is 3.46. The van der Waals surface area contributed by atoms with E-state index in [-0.39, 0.29) is 23.7 Å². The Morgan fingerprint density at radius 2 is 1.43 bits per heavy atom. The van der Waals surface area contributed by atoms with Gasteiger partial charge in [-0.3, -0.25) is 19.4 Å². The topological polar surface area (TPSA) is 47.1 Å². The molecule has 0 radical (unpaired) electrons. The Kier molecular flexibility index (Phi) is 8.38. The number of rotatable bonds is 8. The molecular formula is C21H33FN4O2. The summed E-state index contributed by atoms with van der Waals surface area (Å²) in [5.41, 5.74) is 0.914. The SMILES string of the molecule is CCN(CC)C(=O)CN1CCN(CC(=O)N(C)C(C)c2ccc(F)cc2)CC1. The molecule has 2 amide bonds. The highest BCUT2D eigenvalue weighted by Crippen LogP contribution is 2.19. The van der Waals surface area contributed by atoms with Crippen LogP contribution < -0.4 is 0 Å². The van der Waals surface area contributed by atoms with E-state index >= 15 is 0 Å². The van der Waals surface area contributed by atoms with E-state index in [1.807, 2.05) is 25.7 Å². The largest absolute Gasteiger partial charge is 0.342 e. The van der Waals surface area contributed by atoms with E-state index in [1.165, 1.54) is 12.1 Å². The predicted octanol–water partition coefficient (Wildman–Crippen LogP) is 1.83. The summed E-state index contributed by atoms with van der Waals surface area (Å²) in [4.78, 5) is 32.7. The highest BCUT2D eigenvalue weighted by molar-refractivity contribution is 5.79. The van der Waals surface area contributed by atoms with Gasteiger partial charge in [0.05, 0.1) is 19.1 Å². The van der Waals surface area contributed by atoms with E-state index in [9.17, 15) is 14.0 Å². The molecule has 1 fully saturated rings. The summed E-state index contributed by atoms with van der Waals surface area (Å²) in [5, 5.41) is 0. The molecule has 0 bridgehead atoms. The maximum absolute atomic E-state index is 13.1. The van der Waals surface area contributed by atoms with E-state index in [4.69, 9.17) is 0 Å². The van der Waals surface area contributed by atoms with Crippen molar-refractivity contribution in [2.24, 2.45) is 0 Å². The van der Waals surface area contributed by atoms with Gasteiger partial charge in [0.1, 0.15) is 5.82 Å². The molecule has 1 aromatic rings. The standard InChI is InChI=1S/C21H33FN4O2/c1-5-26(6-2)21(28)16-25-13-11-24(12-14-25)15-20(27)23(4)17(3)18-7-9-19(22)10-8-18/h7-10,17H,5-6,11-16H2,1-4H3. The highest BCUT2D eigenvalue weighted by atomic mass is 19.1. The van der Waals surface area contributed by atoms with Crippen molar-refractivity contribution in [2.45, 2.75) is 26.8 Å². The Bertz CT molecular complexity index is 640. The van der Waals surface area contributed by atoms with Crippen molar-refractivity contribution in [3.63, 3.8) is 0 Å². The number of hydrogen-bond acceptors (Lipinski definition) is 4. The summed E-state index contributed by atoms with van der Waals surface area (Å²) in [7, 11) is 1.79. The number of carbonyl (C=O) groups excluding carboxylic acids is 2. The average molecular weight is 393 g/mol. The number of benzene rings is 1. The third-order valence-electron chi connectivity index (χ3n) is 5.63. The molecule has 6 nitrogen and oxygen atoms in total. The first-order valence-electron chi connectivity index (χ1n) is 10.1. The quantitative estimate of drug-likeness (QED) is 0.677. The first-order valence-corrected chi connectivity index (χ1v) is 10.1. The van der Waals surface area contributed by atoms with E-state index in [1.54, 1.807) is 24.1 Å². The normalized spacial score (nSPS) is 16.6. The van der Waals surface area contributed by atoms with Crippen LogP contribution in [0.25, 0.3) is 0 Å². The summed E-state index contributed by atoms with van der Waals surface area (Å²) in [6.45, 7) is 11.3. The van der Waals surface area contributed by atoms with Crippen molar-refractivity contribution in [3.8, 4) is 0 Å². The lowest BCUT2D eigenvalue weighted by Crippen LogP contribution is -2.52. The van der Waals surface area contributed by atoms with E-state index in [0.717, 1.165) is 44.8 Å². The monoisotopic (exact) mass is 392 g/mol. The average Bonchev–Trinajstić information content (AvgIpc) is 2.69. The Morgan fingerprint density at radius 3 is 1.89 bits per heavy atom. The van der Waals surface area contributed by atoms with Crippen LogP contribution >= 0.6 is 0 Å². The fourth-order valence-corrected chi connectivity index (χ4v) is 3.46. The lowest BCUT2D eigenvalue weighted by Gasteiger charge is -2.36. The molecule has 0 saturated carbocycles. The van der Waals surface area contributed by atoms with E-state index in [0.29, 0.717) is 13.1 Å². The molecular weight excluding hydrogens is 359 g/mol. The van der Waals surface area contributed by atoms with Crippen LogP contribution in [0.2, 0.25) is 0 Å². The molecule has 28 heavy (non-hydrogen) atoms. The molecule has 0 spiro atoms. The molecule has 1 aliphatic heterocycles. The van der Waals surface area contributed by atoms with Gasteiger partial charge in [-0.2, -0.15) is 0 Å². The van der Waals surface area contributed by atoms with Crippen LogP contribution in [-0.2, 0) is 9.59 Å². The van der Waals surface area contributed by atoms with Gasteiger partial charge >= 0.3 is 0 Å². The van der Waals surface area contributed by atoms with Crippen LogP contribution in [-0.4, -0.2) is 90.8 Å². The van der Waals surface area contributed by atoms with Crippen molar-refractivity contribution in [2.75, 3.05) is 59.4 Å². The van der Waals surface area contributed by atoms with Crippen molar-refractivity contribution in [3.05, 3.63) is 35.6 Å². The summed E-state index contributed by atoms with van der Waals surface area (Å²) < 4.78 is 13.1. The number of hydrogen-bond donors (Lipinski definition) is 0. The third kappa shape index (κ3) is 6.01. The maximum atomic E-state index is 13.1. The van der Waals surface area contributed by atoms with Gasteiger partial charge in [0, 0.05) is 46.3 Å². The van der Waals surface area contributed by atoms with Gasteiger partial charge < -0.3 is 9.80 Å². The maximum Gasteiger partial charge on any atom is 0.236 e. The zero-order valence-corrected chi connectivity index (χ0v) is 17.5. The molecule has 0 aliphatic carbocycles. The van der Waals surface area contributed by atoms with Gasteiger partial charge in [-0.05, 0) is 38.5 Å². The summed E-state index contributed by atoms with van der Waals surface area (Å²) in [5.74, 6) is -0.0610. The minimum Gasteiger partial charge on any atom is -0.342 e. The van der Waals surface area contributed by atoms with Crippen LogP contribution in [0.4, 0.5) is 4.39 Å². The van der Waals surface area contributed by atoms with E-state index < -0.39 is 0 Å². The molecule has 1 saturated heterocycles. The van der Waals surface area contributed by atoms with Gasteiger partial charge in [-0.1, -0.05) is 12.1 Å². The van der Waals surface area contributed by atoms with Gasteiger partial charge in [0.25, 0.3) is 0 Å². The number of nitrogens with zero attached hydrogens (tertiary/aromatic N) is 4. The Labute approximate surface area is 167 Å². The third-order valence-corrected chi connectivity index (χ3v) is 5.63. The molecule has 0 N–H and O–H groups in total. The summed E-state index contributed by atoms with van der Waals surface area (Å²) >= 11 is 0. The second-order valence-electron chi connectivity index (χ2n) is 7.35. The molecule has 2 rings (SSSR count). The molecule has 7 heteroatoms. The van der Waals surface area contributed by atoms with Crippen molar-refractivity contribution in [1.29, 1.82) is 0 Å². The van der Waals surface area contributed by atoms with Crippen molar-refractivity contribution in [1.82, 2.24) is 19.6 Å². The second kappa shape index (κ2) is 10.5. The Balaban J connectivity index is 1.79. The summed E-state index contributed by atoms with van der Waals surface area (Å²) in [6.07, 6.45) is 0. The van der Waals surface area contributed by atoms with E-state index in [2.05, 4.69) is 9.80 Å². The van der Waals surface area contributed by atoms with Gasteiger partial charge in [-0.15, -0.1) is 0 Å². The van der Waals surface area contributed by atoms with Crippen LogP contribution in [0.5, 0.6) is 0 Å². The highest BCUT2D eigenvalue weighted by Gasteiger charge is 2.24. The fraction of sp³-hybridized carbons (Fsp3) is 0.619. The number of halogens is 1. The Hall–Kier alpha value is -1.99. The zero-order valence-electron chi connectivity index (χ0n) is 17.5. The van der Waals surface area contributed by atoms with Gasteiger partial charge in [0.15, 0.2) is 0 Å². The molecule has 1 aromatic carbocycles. The number of carbonyl (C=O) groups is 2. The minimum atomic E-state index is -0.276. The zero-order chi connectivity index (χ0) is 20.7. The molecule has 0 aromatic heterocycles. The van der Waals surface area contributed by atoms with Gasteiger partial charge in [-0.25, -0.2) is 4.39 Å².